The third-order valence-corrected chi connectivity index (χ3v) is 3.20. The maximum Gasteiger partial charge on any atom is 0.416 e. The number of alkyl halides is 3. The van der Waals surface area contributed by atoms with Crippen molar-refractivity contribution in [3.05, 3.63) is 53.2 Å². The van der Waals surface area contributed by atoms with Gasteiger partial charge in [0.2, 0.25) is 0 Å². The molecule has 0 amide bonds. The van der Waals surface area contributed by atoms with Crippen LogP contribution in [-0.4, -0.2) is 21.3 Å². The largest absolute Gasteiger partial charge is 0.495 e. The first kappa shape index (κ1) is 15.4. The number of nitrogens with one attached hydrogen (secondary N) is 1. The molecule has 3 nitrogen and oxygen atoms in total. The van der Waals surface area contributed by atoms with Gasteiger partial charge in [0.1, 0.15) is 0 Å². The van der Waals surface area contributed by atoms with Gasteiger partial charge in [0, 0.05) is 5.69 Å². The molecule has 114 valence electrons. The molecule has 0 aliphatic heterocycles. The second-order valence-corrected chi connectivity index (χ2v) is 4.96. The van der Waals surface area contributed by atoms with Crippen LogP contribution in [0.3, 0.4) is 0 Å². The van der Waals surface area contributed by atoms with Crippen molar-refractivity contribution < 1.29 is 23.4 Å². The molecule has 0 fully saturated rings. The molecule has 0 saturated heterocycles. The monoisotopic (exact) mass is 299 g/mol. The van der Waals surface area contributed by atoms with Gasteiger partial charge in [-0.05, 0) is 43.0 Å². The van der Waals surface area contributed by atoms with E-state index in [9.17, 15) is 18.3 Å². The summed E-state index contributed by atoms with van der Waals surface area (Å²) in [6.07, 6.45) is -4.03. The zero-order valence-electron chi connectivity index (χ0n) is 11.2. The topological polar surface area (TPSA) is 56.2 Å². The molecule has 2 rings (SSSR count). The molecule has 0 unspecified atom stereocenters. The predicted octanol–water partition coefficient (Wildman–Crippen LogP) is 3.28. The van der Waals surface area contributed by atoms with Crippen LogP contribution in [0.5, 0.6) is 5.88 Å². The minimum absolute atomic E-state index is 0.0531. The van der Waals surface area contributed by atoms with E-state index in [4.69, 9.17) is 5.11 Å². The second kappa shape index (κ2) is 6.22. The van der Waals surface area contributed by atoms with Gasteiger partial charge in [0.05, 0.1) is 11.7 Å². The van der Waals surface area contributed by atoms with E-state index in [1.807, 2.05) is 0 Å². The number of hydrogen-bond donors (Lipinski definition) is 3. The average molecular weight is 299 g/mol. The Hall–Kier alpha value is -1.95. The van der Waals surface area contributed by atoms with Gasteiger partial charge in [-0.3, -0.25) is 0 Å². The van der Waals surface area contributed by atoms with E-state index in [2.05, 4.69) is 4.98 Å². The molecule has 2 aromatic rings. The van der Waals surface area contributed by atoms with Crippen LogP contribution in [0.15, 0.2) is 36.4 Å². The van der Waals surface area contributed by atoms with E-state index >= 15 is 0 Å². The summed E-state index contributed by atoms with van der Waals surface area (Å²) in [6, 6.07) is 8.19. The van der Waals surface area contributed by atoms with E-state index in [-0.39, 0.29) is 12.3 Å². The minimum Gasteiger partial charge on any atom is -0.495 e. The average Bonchev–Trinajstić information content (AvgIpc) is 2.82. The number of H-pyrrole nitrogens is 1. The van der Waals surface area contributed by atoms with Gasteiger partial charge in [0.25, 0.3) is 0 Å². The molecule has 21 heavy (non-hydrogen) atoms. The molecule has 3 N–H and O–H groups in total. The fourth-order valence-corrected chi connectivity index (χ4v) is 2.14. The third-order valence-electron chi connectivity index (χ3n) is 3.20. The number of aliphatic hydroxyl groups excluding tert-OH is 1. The molecular weight excluding hydrogens is 283 g/mol. The van der Waals surface area contributed by atoms with Gasteiger partial charge in [-0.1, -0.05) is 18.2 Å². The maximum absolute atomic E-state index is 12.6. The van der Waals surface area contributed by atoms with Crippen molar-refractivity contribution in [1.29, 1.82) is 0 Å². The van der Waals surface area contributed by atoms with Crippen LogP contribution < -0.4 is 0 Å². The molecule has 0 radical (unpaired) electrons. The Labute approximate surface area is 120 Å². The summed E-state index contributed by atoms with van der Waals surface area (Å²) < 4.78 is 37.8. The summed E-state index contributed by atoms with van der Waals surface area (Å²) in [5.41, 5.74) is 0.517. The van der Waals surface area contributed by atoms with Crippen LogP contribution in [-0.2, 0) is 19.0 Å². The number of hydrogen-bond acceptors (Lipinski definition) is 2. The zero-order valence-corrected chi connectivity index (χ0v) is 11.2. The lowest BCUT2D eigenvalue weighted by Gasteiger charge is -2.12. The van der Waals surface area contributed by atoms with Gasteiger partial charge >= 0.3 is 6.18 Å². The summed E-state index contributed by atoms with van der Waals surface area (Å²) in [4.78, 5) is 2.72. The molecule has 6 heteroatoms. The molecule has 0 saturated carbocycles. The Bertz CT molecular complexity index is 593. The summed E-state index contributed by atoms with van der Waals surface area (Å²) in [5.74, 6) is 0.0531. The van der Waals surface area contributed by atoms with E-state index < -0.39 is 17.8 Å². The van der Waals surface area contributed by atoms with Crippen LogP contribution >= 0.6 is 0 Å². The maximum atomic E-state index is 12.6. The zero-order chi connectivity index (χ0) is 15.5. The van der Waals surface area contributed by atoms with Gasteiger partial charge in [0.15, 0.2) is 5.88 Å². The van der Waals surface area contributed by atoms with Crippen LogP contribution in [0.4, 0.5) is 13.2 Å². The second-order valence-electron chi connectivity index (χ2n) is 4.96. The van der Waals surface area contributed by atoms with E-state index in [1.165, 1.54) is 12.1 Å². The quantitative estimate of drug-likeness (QED) is 0.793. The molecule has 0 spiro atoms. The molecule has 1 aromatic carbocycles. The van der Waals surface area contributed by atoms with Crippen LogP contribution in [0.1, 0.15) is 23.2 Å². The van der Waals surface area contributed by atoms with Crippen molar-refractivity contribution in [2.75, 3.05) is 0 Å². The lowest BCUT2D eigenvalue weighted by Crippen LogP contribution is -2.13. The van der Waals surface area contributed by atoms with Crippen LogP contribution in [0.25, 0.3) is 0 Å². The molecule has 0 aliphatic rings. The lowest BCUT2D eigenvalue weighted by molar-refractivity contribution is -0.137. The van der Waals surface area contributed by atoms with Gasteiger partial charge in [-0.2, -0.15) is 13.2 Å². The molecule has 0 bridgehead atoms. The molecule has 1 aromatic heterocycles. The number of aromatic nitrogens is 1. The first-order chi connectivity index (χ1) is 9.84. The van der Waals surface area contributed by atoms with E-state index in [0.717, 1.165) is 17.8 Å². The summed E-state index contributed by atoms with van der Waals surface area (Å²) in [5, 5.41) is 19.0. The number of benzene rings is 1. The number of aromatic amines is 1. The van der Waals surface area contributed by atoms with E-state index in [0.29, 0.717) is 18.4 Å². The van der Waals surface area contributed by atoms with Crippen molar-refractivity contribution in [2.45, 2.75) is 31.5 Å². The summed E-state index contributed by atoms with van der Waals surface area (Å²) in [7, 11) is 0. The Balaban J connectivity index is 1.92. The highest BCUT2D eigenvalue weighted by Gasteiger charge is 2.30. The van der Waals surface area contributed by atoms with Crippen molar-refractivity contribution in [1.82, 2.24) is 4.98 Å². The molecule has 0 aliphatic carbocycles. The SMILES string of the molecule is Oc1ccc(CC[C@@H](O)Cc2cccc(C(F)(F)F)c2)[nH]1. The van der Waals surface area contributed by atoms with Gasteiger partial charge < -0.3 is 15.2 Å². The Kier molecular flexibility index (Phi) is 4.57. The normalized spacial score (nSPS) is 13.3. The predicted molar refractivity (Wildman–Crippen MR) is 71.9 cm³/mol. The smallest absolute Gasteiger partial charge is 0.416 e. The minimum atomic E-state index is -4.37. The Morgan fingerprint density at radius 2 is 1.90 bits per heavy atom. The number of aryl methyl sites for hydroxylation is 1. The Morgan fingerprint density at radius 1 is 1.14 bits per heavy atom. The summed E-state index contributed by atoms with van der Waals surface area (Å²) in [6.45, 7) is 0. The van der Waals surface area contributed by atoms with Crippen LogP contribution in [0.2, 0.25) is 0 Å². The molecule has 1 atom stereocenters. The van der Waals surface area contributed by atoms with E-state index in [1.54, 1.807) is 12.1 Å². The Morgan fingerprint density at radius 3 is 2.52 bits per heavy atom. The number of halogens is 3. The van der Waals surface area contributed by atoms with Crippen molar-refractivity contribution in [3.8, 4) is 5.88 Å². The van der Waals surface area contributed by atoms with Crippen molar-refractivity contribution in [2.24, 2.45) is 0 Å². The number of rotatable bonds is 5. The number of aliphatic hydroxyl groups is 1. The highest BCUT2D eigenvalue weighted by Crippen LogP contribution is 2.29. The standard InChI is InChI=1S/C15H16F3NO2/c16-15(17,18)11-3-1-2-10(8-11)9-13(20)6-4-12-5-7-14(21)19-12/h1-3,5,7-8,13,19-21H,4,6,9H2/t13-/m1/s1. The van der Waals surface area contributed by atoms with Gasteiger partial charge in [-0.25, -0.2) is 0 Å². The fraction of sp³-hybridized carbons (Fsp3) is 0.333. The molecule has 1 heterocycles. The van der Waals surface area contributed by atoms with Crippen molar-refractivity contribution >= 4 is 0 Å². The first-order valence-corrected chi connectivity index (χ1v) is 6.55. The highest BCUT2D eigenvalue weighted by molar-refractivity contribution is 5.26. The summed E-state index contributed by atoms with van der Waals surface area (Å²) >= 11 is 0. The highest BCUT2D eigenvalue weighted by atomic mass is 19.4. The van der Waals surface area contributed by atoms with Crippen molar-refractivity contribution in [3.63, 3.8) is 0 Å². The molecular formula is C15H16F3NO2. The van der Waals surface area contributed by atoms with Crippen LogP contribution in [0, 0.1) is 0 Å². The number of aromatic hydroxyl groups is 1. The van der Waals surface area contributed by atoms with Gasteiger partial charge in [-0.15, -0.1) is 0 Å². The lowest BCUT2D eigenvalue weighted by atomic mass is 10.0. The first-order valence-electron chi connectivity index (χ1n) is 6.55. The fourth-order valence-electron chi connectivity index (χ4n) is 2.14. The third kappa shape index (κ3) is 4.53.